The number of hydrogen-bond donors (Lipinski definition) is 1. The van der Waals surface area contributed by atoms with Gasteiger partial charge in [-0.2, -0.15) is 0 Å². The first-order valence-electron chi connectivity index (χ1n) is 9.38. The predicted octanol–water partition coefficient (Wildman–Crippen LogP) is 1.72. The van der Waals surface area contributed by atoms with Crippen molar-refractivity contribution in [3.05, 3.63) is 18.0 Å². The van der Waals surface area contributed by atoms with E-state index in [9.17, 15) is 0 Å². The lowest BCUT2D eigenvalue weighted by Gasteiger charge is -2.27. The highest BCUT2D eigenvalue weighted by Crippen LogP contribution is 2.27. The first-order valence-corrected chi connectivity index (χ1v) is 9.38. The van der Waals surface area contributed by atoms with Crippen molar-refractivity contribution in [2.45, 2.75) is 50.1 Å². The van der Waals surface area contributed by atoms with Crippen molar-refractivity contribution >= 4 is 5.95 Å². The summed E-state index contributed by atoms with van der Waals surface area (Å²) >= 11 is 0. The van der Waals surface area contributed by atoms with Crippen molar-refractivity contribution in [2.75, 3.05) is 44.4 Å². The highest BCUT2D eigenvalue weighted by Gasteiger charge is 2.27. The minimum atomic E-state index is 0.527. The summed E-state index contributed by atoms with van der Waals surface area (Å²) in [5, 5.41) is 3.80. The third-order valence-electron chi connectivity index (χ3n) is 5.47. The van der Waals surface area contributed by atoms with E-state index in [1.807, 2.05) is 6.20 Å². The van der Waals surface area contributed by atoms with Crippen LogP contribution in [0.15, 0.2) is 12.3 Å². The second-order valence-corrected chi connectivity index (χ2v) is 7.15. The van der Waals surface area contributed by atoms with E-state index >= 15 is 0 Å². The van der Waals surface area contributed by atoms with Gasteiger partial charge in [0.25, 0.3) is 0 Å². The molecule has 6 heteroatoms. The molecule has 0 amide bonds. The van der Waals surface area contributed by atoms with Crippen LogP contribution in [0.4, 0.5) is 5.95 Å². The van der Waals surface area contributed by atoms with Gasteiger partial charge in [-0.25, -0.2) is 9.97 Å². The van der Waals surface area contributed by atoms with Crippen LogP contribution in [0.1, 0.15) is 43.7 Å². The number of ether oxygens (including phenoxy) is 2. The first-order chi connectivity index (χ1) is 11.9. The Balaban J connectivity index is 1.35. The quantitative estimate of drug-likeness (QED) is 0.906. The molecule has 0 saturated carbocycles. The first kappa shape index (κ1) is 16.2. The molecule has 0 bridgehead atoms. The van der Waals surface area contributed by atoms with Crippen LogP contribution in [0.3, 0.4) is 0 Å². The van der Waals surface area contributed by atoms with Gasteiger partial charge in [-0.15, -0.1) is 0 Å². The summed E-state index contributed by atoms with van der Waals surface area (Å²) in [6.45, 7) is 5.54. The molecular formula is C18H28N4O2. The summed E-state index contributed by atoms with van der Waals surface area (Å²) in [6.07, 6.45) is 7.50. The van der Waals surface area contributed by atoms with Gasteiger partial charge in [-0.05, 0) is 38.2 Å². The Morgan fingerprint density at radius 1 is 0.958 bits per heavy atom. The van der Waals surface area contributed by atoms with Gasteiger partial charge >= 0.3 is 0 Å². The maximum atomic E-state index is 5.47. The highest BCUT2D eigenvalue weighted by molar-refractivity contribution is 5.33. The van der Waals surface area contributed by atoms with Gasteiger partial charge in [0, 0.05) is 69.4 Å². The Kier molecular flexibility index (Phi) is 5.25. The fourth-order valence-corrected chi connectivity index (χ4v) is 4.01. The average molecular weight is 332 g/mol. The molecule has 0 spiro atoms. The molecule has 6 nitrogen and oxygen atoms in total. The van der Waals surface area contributed by atoms with Gasteiger partial charge in [-0.1, -0.05) is 0 Å². The molecule has 3 aliphatic heterocycles. The van der Waals surface area contributed by atoms with Crippen molar-refractivity contribution < 1.29 is 9.47 Å². The molecule has 1 aromatic heterocycles. The second kappa shape index (κ2) is 7.76. The molecule has 0 aromatic carbocycles. The number of rotatable bonds is 4. The van der Waals surface area contributed by atoms with Crippen molar-refractivity contribution in [1.29, 1.82) is 0 Å². The van der Waals surface area contributed by atoms with Crippen LogP contribution in [0.25, 0.3) is 0 Å². The highest BCUT2D eigenvalue weighted by atomic mass is 16.5. The lowest BCUT2D eigenvalue weighted by Crippen LogP contribution is -2.43. The lowest BCUT2D eigenvalue weighted by atomic mass is 9.96. The van der Waals surface area contributed by atoms with E-state index in [-0.39, 0.29) is 0 Å². The fourth-order valence-electron chi connectivity index (χ4n) is 4.01. The minimum Gasteiger partial charge on any atom is -0.381 e. The van der Waals surface area contributed by atoms with E-state index < -0.39 is 0 Å². The summed E-state index contributed by atoms with van der Waals surface area (Å²) < 4.78 is 10.9. The molecular weight excluding hydrogens is 304 g/mol. The molecule has 24 heavy (non-hydrogen) atoms. The van der Waals surface area contributed by atoms with E-state index in [1.54, 1.807) is 0 Å². The fraction of sp³-hybridized carbons (Fsp3) is 0.778. The Hall–Kier alpha value is -1.24. The molecule has 3 fully saturated rings. The molecule has 4 rings (SSSR count). The van der Waals surface area contributed by atoms with E-state index in [2.05, 4.69) is 21.3 Å². The van der Waals surface area contributed by atoms with Crippen LogP contribution in [-0.4, -0.2) is 61.6 Å². The van der Waals surface area contributed by atoms with Crippen molar-refractivity contribution in [3.63, 3.8) is 0 Å². The SMILES string of the molecule is c1cc(C2CCOCC2)nc(N2CCC(NC3CCOCC3)C2)n1. The molecule has 132 valence electrons. The number of nitrogens with zero attached hydrogens (tertiary/aromatic N) is 3. The van der Waals surface area contributed by atoms with Crippen LogP contribution in [0.2, 0.25) is 0 Å². The molecule has 3 saturated heterocycles. The van der Waals surface area contributed by atoms with Crippen LogP contribution in [0, 0.1) is 0 Å². The molecule has 1 aromatic rings. The van der Waals surface area contributed by atoms with Crippen LogP contribution < -0.4 is 10.2 Å². The van der Waals surface area contributed by atoms with Gasteiger partial charge in [-0.3, -0.25) is 0 Å². The number of anilines is 1. The number of nitrogens with one attached hydrogen (secondary N) is 1. The number of hydrogen-bond acceptors (Lipinski definition) is 6. The second-order valence-electron chi connectivity index (χ2n) is 7.15. The molecule has 0 aliphatic carbocycles. The van der Waals surface area contributed by atoms with Crippen LogP contribution in [0.5, 0.6) is 0 Å². The third-order valence-corrected chi connectivity index (χ3v) is 5.47. The van der Waals surface area contributed by atoms with Crippen molar-refractivity contribution in [1.82, 2.24) is 15.3 Å². The zero-order valence-electron chi connectivity index (χ0n) is 14.3. The van der Waals surface area contributed by atoms with Gasteiger partial charge in [0.1, 0.15) is 0 Å². The maximum absolute atomic E-state index is 5.47. The Labute approximate surface area is 143 Å². The van der Waals surface area contributed by atoms with Gasteiger partial charge in [0.2, 0.25) is 5.95 Å². The lowest BCUT2D eigenvalue weighted by molar-refractivity contribution is 0.0755. The minimum absolute atomic E-state index is 0.527. The summed E-state index contributed by atoms with van der Waals surface area (Å²) in [5.41, 5.74) is 1.18. The molecule has 1 atom stereocenters. The Morgan fingerprint density at radius 2 is 1.71 bits per heavy atom. The van der Waals surface area contributed by atoms with E-state index in [0.717, 1.165) is 71.1 Å². The Bertz CT molecular complexity index is 530. The normalized spacial score (nSPS) is 26.8. The summed E-state index contributed by atoms with van der Waals surface area (Å²) in [5.74, 6) is 1.43. The van der Waals surface area contributed by atoms with E-state index in [0.29, 0.717) is 18.0 Å². The van der Waals surface area contributed by atoms with Gasteiger partial charge in [0.05, 0.1) is 0 Å². The smallest absolute Gasteiger partial charge is 0.225 e. The summed E-state index contributed by atoms with van der Waals surface area (Å²) in [7, 11) is 0. The van der Waals surface area contributed by atoms with E-state index in [1.165, 1.54) is 12.1 Å². The van der Waals surface area contributed by atoms with Gasteiger partial charge < -0.3 is 19.7 Å². The molecule has 1 unspecified atom stereocenters. The standard InChI is InChI=1S/C18H28N4O2/c1-7-19-18(21-17(1)14-3-9-23-10-4-14)22-8-2-16(13-22)20-15-5-11-24-12-6-15/h1,7,14-16,20H,2-6,8-13H2. The van der Waals surface area contributed by atoms with Crippen LogP contribution in [-0.2, 0) is 9.47 Å². The summed E-state index contributed by atoms with van der Waals surface area (Å²) in [6, 6.07) is 3.23. The van der Waals surface area contributed by atoms with Gasteiger partial charge in [0.15, 0.2) is 0 Å². The number of aromatic nitrogens is 2. The largest absolute Gasteiger partial charge is 0.381 e. The molecule has 1 N–H and O–H groups in total. The molecule has 0 radical (unpaired) electrons. The topological polar surface area (TPSA) is 59.5 Å². The zero-order chi connectivity index (χ0) is 16.2. The maximum Gasteiger partial charge on any atom is 0.225 e. The van der Waals surface area contributed by atoms with E-state index in [4.69, 9.17) is 14.5 Å². The zero-order valence-corrected chi connectivity index (χ0v) is 14.3. The predicted molar refractivity (Wildman–Crippen MR) is 92.4 cm³/mol. The van der Waals surface area contributed by atoms with Crippen molar-refractivity contribution in [2.24, 2.45) is 0 Å². The monoisotopic (exact) mass is 332 g/mol. The Morgan fingerprint density at radius 3 is 2.50 bits per heavy atom. The van der Waals surface area contributed by atoms with Crippen molar-refractivity contribution in [3.8, 4) is 0 Å². The molecule has 4 heterocycles. The molecule has 3 aliphatic rings. The average Bonchev–Trinajstić information content (AvgIpc) is 3.12. The van der Waals surface area contributed by atoms with Crippen LogP contribution >= 0.6 is 0 Å². The summed E-state index contributed by atoms with van der Waals surface area (Å²) in [4.78, 5) is 11.7. The third kappa shape index (κ3) is 3.87.